The Morgan fingerprint density at radius 2 is 1.77 bits per heavy atom. The van der Waals surface area contributed by atoms with Gasteiger partial charge in [0.05, 0.1) is 35.9 Å². The molecule has 0 saturated carbocycles. The van der Waals surface area contributed by atoms with Gasteiger partial charge in [0.25, 0.3) is 0 Å². The summed E-state index contributed by atoms with van der Waals surface area (Å²) < 4.78 is 77.8. The first-order valence-corrected chi connectivity index (χ1v) is 11.7. The zero-order valence-corrected chi connectivity index (χ0v) is 17.8. The highest BCUT2D eigenvalue weighted by atomic mass is 32.2. The summed E-state index contributed by atoms with van der Waals surface area (Å²) in [7, 11) is -3.85. The standard InChI is InChI=1S/C20H27F3N2O4S/c1-15-12-16(20(21,22)23)2-3-18(15)30(26,27)25-6-4-19(5-7-25)13-17(14-29-19)24-8-10-28-11-9-24/h2-3,12,17H,4-11,13-14H2,1H3. The van der Waals surface area contributed by atoms with E-state index in [-0.39, 0.29) is 16.1 Å². The summed E-state index contributed by atoms with van der Waals surface area (Å²) in [5, 5.41) is 0. The lowest BCUT2D eigenvalue weighted by atomic mass is 9.88. The molecule has 30 heavy (non-hydrogen) atoms. The molecule has 0 N–H and O–H groups in total. The van der Waals surface area contributed by atoms with Crippen molar-refractivity contribution in [3.05, 3.63) is 29.3 Å². The normalized spacial score (nSPS) is 26.3. The largest absolute Gasteiger partial charge is 0.416 e. The minimum Gasteiger partial charge on any atom is -0.379 e. The second-order valence-electron chi connectivity index (χ2n) is 8.38. The minimum atomic E-state index is -4.50. The van der Waals surface area contributed by atoms with Crippen LogP contribution in [0.5, 0.6) is 0 Å². The number of aryl methyl sites for hydroxylation is 1. The van der Waals surface area contributed by atoms with Crippen LogP contribution in [0.2, 0.25) is 0 Å². The third kappa shape index (κ3) is 4.25. The number of sulfonamides is 1. The third-order valence-corrected chi connectivity index (χ3v) is 8.56. The molecule has 0 aliphatic carbocycles. The Hall–Kier alpha value is -1.20. The van der Waals surface area contributed by atoms with Crippen molar-refractivity contribution < 1.29 is 31.1 Å². The van der Waals surface area contributed by atoms with Gasteiger partial charge in [-0.15, -0.1) is 0 Å². The second kappa shape index (κ2) is 8.05. The number of alkyl halides is 3. The van der Waals surface area contributed by atoms with Gasteiger partial charge in [-0.05, 0) is 49.9 Å². The zero-order chi connectivity index (χ0) is 21.6. The lowest BCUT2D eigenvalue weighted by Crippen LogP contribution is -2.48. The van der Waals surface area contributed by atoms with E-state index in [4.69, 9.17) is 9.47 Å². The number of nitrogens with zero attached hydrogens (tertiary/aromatic N) is 2. The monoisotopic (exact) mass is 448 g/mol. The van der Waals surface area contributed by atoms with E-state index in [9.17, 15) is 21.6 Å². The third-order valence-electron chi connectivity index (χ3n) is 6.51. The van der Waals surface area contributed by atoms with Gasteiger partial charge in [0.1, 0.15) is 0 Å². The van der Waals surface area contributed by atoms with Crippen molar-refractivity contribution in [1.29, 1.82) is 0 Å². The molecule has 1 atom stereocenters. The van der Waals surface area contributed by atoms with Gasteiger partial charge < -0.3 is 9.47 Å². The minimum absolute atomic E-state index is 0.0648. The molecule has 1 aromatic rings. The summed E-state index contributed by atoms with van der Waals surface area (Å²) in [6, 6.07) is 3.12. The highest BCUT2D eigenvalue weighted by molar-refractivity contribution is 7.89. The molecule has 0 amide bonds. The van der Waals surface area contributed by atoms with E-state index >= 15 is 0 Å². The average Bonchev–Trinajstić information content (AvgIpc) is 3.11. The van der Waals surface area contributed by atoms with Gasteiger partial charge in [0.2, 0.25) is 10.0 Å². The maximum absolute atomic E-state index is 13.1. The number of benzene rings is 1. The van der Waals surface area contributed by atoms with Crippen molar-refractivity contribution in [2.75, 3.05) is 46.0 Å². The first kappa shape index (κ1) is 22.0. The smallest absolute Gasteiger partial charge is 0.379 e. The predicted octanol–water partition coefficient (Wildman–Crippen LogP) is 2.66. The molecule has 3 aliphatic heterocycles. The molecular weight excluding hydrogens is 421 g/mol. The molecule has 3 fully saturated rings. The van der Waals surface area contributed by atoms with Crippen LogP contribution in [0.15, 0.2) is 23.1 Å². The fourth-order valence-electron chi connectivity index (χ4n) is 4.73. The molecule has 1 aromatic carbocycles. The van der Waals surface area contributed by atoms with Crippen molar-refractivity contribution in [1.82, 2.24) is 9.21 Å². The van der Waals surface area contributed by atoms with Crippen molar-refractivity contribution in [2.24, 2.45) is 0 Å². The van der Waals surface area contributed by atoms with Gasteiger partial charge in [-0.1, -0.05) is 0 Å². The summed E-state index contributed by atoms with van der Waals surface area (Å²) in [5.74, 6) is 0. The van der Waals surface area contributed by atoms with E-state index in [1.807, 2.05) is 0 Å². The molecule has 3 aliphatic rings. The van der Waals surface area contributed by atoms with Crippen molar-refractivity contribution in [3.63, 3.8) is 0 Å². The van der Waals surface area contributed by atoms with Crippen LogP contribution in [0, 0.1) is 6.92 Å². The van der Waals surface area contributed by atoms with Crippen molar-refractivity contribution >= 4 is 10.0 Å². The molecule has 0 bridgehead atoms. The Balaban J connectivity index is 1.42. The van der Waals surface area contributed by atoms with E-state index < -0.39 is 21.8 Å². The molecule has 6 nitrogen and oxygen atoms in total. The Morgan fingerprint density at radius 1 is 1.10 bits per heavy atom. The van der Waals surface area contributed by atoms with Crippen LogP contribution in [-0.4, -0.2) is 75.3 Å². The Kier molecular flexibility index (Phi) is 5.91. The maximum Gasteiger partial charge on any atom is 0.416 e. The fraction of sp³-hybridized carbons (Fsp3) is 0.700. The van der Waals surface area contributed by atoms with Crippen LogP contribution < -0.4 is 0 Å². The van der Waals surface area contributed by atoms with Gasteiger partial charge in [0, 0.05) is 32.2 Å². The van der Waals surface area contributed by atoms with Crippen molar-refractivity contribution in [2.45, 2.75) is 48.9 Å². The lowest BCUT2D eigenvalue weighted by molar-refractivity contribution is -0.137. The molecule has 4 rings (SSSR count). The van der Waals surface area contributed by atoms with Gasteiger partial charge in [-0.25, -0.2) is 8.42 Å². The number of hydrogen-bond acceptors (Lipinski definition) is 5. The first-order valence-electron chi connectivity index (χ1n) is 10.2. The topological polar surface area (TPSA) is 59.1 Å². The number of halogens is 3. The molecule has 0 aromatic heterocycles. The molecule has 1 unspecified atom stereocenters. The maximum atomic E-state index is 13.1. The van der Waals surface area contributed by atoms with E-state index in [1.54, 1.807) is 0 Å². The molecule has 3 heterocycles. The number of morpholine rings is 1. The Bertz CT molecular complexity index is 877. The fourth-order valence-corrected chi connectivity index (χ4v) is 6.38. The van der Waals surface area contributed by atoms with Crippen LogP contribution in [-0.2, 0) is 25.7 Å². The summed E-state index contributed by atoms with van der Waals surface area (Å²) in [4.78, 5) is 2.32. The van der Waals surface area contributed by atoms with Crippen LogP contribution in [0.1, 0.15) is 30.4 Å². The van der Waals surface area contributed by atoms with Gasteiger partial charge in [-0.2, -0.15) is 17.5 Å². The van der Waals surface area contributed by atoms with E-state index in [0.717, 1.165) is 50.9 Å². The van der Waals surface area contributed by atoms with E-state index in [0.29, 0.717) is 38.6 Å². The molecule has 168 valence electrons. The van der Waals surface area contributed by atoms with Crippen LogP contribution >= 0.6 is 0 Å². The molecule has 10 heteroatoms. The predicted molar refractivity (Wildman–Crippen MR) is 104 cm³/mol. The molecule has 0 radical (unpaired) electrons. The number of rotatable bonds is 3. The van der Waals surface area contributed by atoms with Crippen molar-refractivity contribution in [3.8, 4) is 0 Å². The quantitative estimate of drug-likeness (QED) is 0.712. The number of hydrogen-bond donors (Lipinski definition) is 0. The number of piperidine rings is 1. The SMILES string of the molecule is Cc1cc(C(F)(F)F)ccc1S(=O)(=O)N1CCC2(CC1)CC(N1CCOCC1)CO2. The summed E-state index contributed by atoms with van der Waals surface area (Å²) in [6.07, 6.45) is -2.44. The highest BCUT2D eigenvalue weighted by Crippen LogP contribution is 2.39. The van der Waals surface area contributed by atoms with Gasteiger partial charge in [-0.3, -0.25) is 4.90 Å². The lowest BCUT2D eigenvalue weighted by Gasteiger charge is -2.39. The molecular formula is C20H27F3N2O4S. The zero-order valence-electron chi connectivity index (χ0n) is 17.0. The summed E-state index contributed by atoms with van der Waals surface area (Å²) in [6.45, 7) is 5.88. The van der Waals surface area contributed by atoms with Crippen LogP contribution in [0.25, 0.3) is 0 Å². The average molecular weight is 449 g/mol. The summed E-state index contributed by atoms with van der Waals surface area (Å²) in [5.41, 5.74) is -1.05. The van der Waals surface area contributed by atoms with E-state index in [1.165, 1.54) is 11.2 Å². The Morgan fingerprint density at radius 3 is 2.37 bits per heavy atom. The first-order chi connectivity index (χ1) is 14.1. The highest BCUT2D eigenvalue weighted by Gasteiger charge is 2.46. The molecule has 3 saturated heterocycles. The van der Waals surface area contributed by atoms with Crippen LogP contribution in [0.4, 0.5) is 13.2 Å². The Labute approximate surface area is 175 Å². The second-order valence-corrected chi connectivity index (χ2v) is 10.3. The van der Waals surface area contributed by atoms with Gasteiger partial charge >= 0.3 is 6.18 Å². The summed E-state index contributed by atoms with van der Waals surface area (Å²) >= 11 is 0. The number of ether oxygens (including phenoxy) is 2. The van der Waals surface area contributed by atoms with E-state index in [2.05, 4.69) is 4.90 Å². The van der Waals surface area contributed by atoms with Crippen LogP contribution in [0.3, 0.4) is 0 Å². The molecule has 1 spiro atoms. The van der Waals surface area contributed by atoms with Gasteiger partial charge in [0.15, 0.2) is 0 Å².